The number of primary amides is 1. The van der Waals surface area contributed by atoms with E-state index in [0.29, 0.717) is 17.9 Å². The third-order valence-corrected chi connectivity index (χ3v) is 13.4. The van der Waals surface area contributed by atoms with Gasteiger partial charge in [-0.3, -0.25) is 24.0 Å². The Bertz CT molecular complexity index is 1750. The molecule has 4 N–H and O–H groups in total. The third-order valence-electron chi connectivity index (χ3n) is 10.6. The van der Waals surface area contributed by atoms with Gasteiger partial charge in [-0.05, 0) is 66.9 Å². The summed E-state index contributed by atoms with van der Waals surface area (Å²) < 4.78 is 28.0. The molecule has 3 fully saturated rings. The maximum absolute atomic E-state index is 14.8. The molecule has 0 spiro atoms. The average molecular weight is 759 g/mol. The molecular weight excluding hydrogens is 709 g/mol. The largest absolute Gasteiger partial charge is 0.363 e. The molecule has 1 aliphatic carbocycles. The number of nitrogens with zero attached hydrogens (tertiary/aromatic N) is 5. The van der Waals surface area contributed by atoms with Crippen molar-refractivity contribution < 1.29 is 32.4 Å². The van der Waals surface area contributed by atoms with E-state index in [4.69, 9.17) is 5.73 Å². The minimum atomic E-state index is -3.71. The molecule has 3 atom stereocenters. The number of sulfonamides is 1. The first-order chi connectivity index (χ1) is 24.6. The second-order valence-electron chi connectivity index (χ2n) is 14.6. The van der Waals surface area contributed by atoms with Crippen molar-refractivity contribution >= 4 is 51.2 Å². The number of nitrogens with two attached hydrogens (primary N) is 1. The molecule has 3 heterocycles. The van der Waals surface area contributed by atoms with Crippen LogP contribution < -0.4 is 16.4 Å². The van der Waals surface area contributed by atoms with Crippen molar-refractivity contribution in [3.8, 4) is 0 Å². The summed E-state index contributed by atoms with van der Waals surface area (Å²) in [5, 5.41) is 14.2. The van der Waals surface area contributed by atoms with Gasteiger partial charge in [-0.15, -0.1) is 5.10 Å². The zero-order valence-corrected chi connectivity index (χ0v) is 31.9. The molecule has 1 aromatic carbocycles. The van der Waals surface area contributed by atoms with Gasteiger partial charge in [0.15, 0.2) is 0 Å². The molecule has 2 aromatic rings. The van der Waals surface area contributed by atoms with E-state index in [1.54, 1.807) is 22.6 Å². The standard InChI is InChI=1S/C35H50N8O7S2/c1-22(2)29-20-37-40-43(29)25-19-28(33(47)39-35(30(44)31(36)45)14-16-51-17-15-35)42(21-25)34(48)27(18-23-8-6-5-7-9-23)38-32(46)24-10-12-26(13-11-24)52(49,50)41(3)4/h10-13,20,22-23,25,27-28H,5-9,14-19,21H2,1-4H3,(H2,36,45)(H,38,46)(H,39,47)/t25-,27?,28-/m0/s1. The van der Waals surface area contributed by atoms with Gasteiger partial charge in [-0.25, -0.2) is 17.4 Å². The van der Waals surface area contributed by atoms with E-state index in [1.807, 2.05) is 13.8 Å². The van der Waals surface area contributed by atoms with E-state index >= 15 is 0 Å². The minimum Gasteiger partial charge on any atom is -0.363 e. The molecule has 17 heteroatoms. The summed E-state index contributed by atoms with van der Waals surface area (Å²) >= 11 is 1.61. The maximum atomic E-state index is 14.8. The summed E-state index contributed by atoms with van der Waals surface area (Å²) in [5.74, 6) is -2.26. The van der Waals surface area contributed by atoms with E-state index in [-0.39, 0.29) is 48.1 Å². The summed E-state index contributed by atoms with van der Waals surface area (Å²) in [6, 6.07) is 3.05. The lowest BCUT2D eigenvalue weighted by Crippen LogP contribution is -2.63. The van der Waals surface area contributed by atoms with Crippen LogP contribution in [0.1, 0.15) is 99.6 Å². The first kappa shape index (κ1) is 39.4. The highest BCUT2D eigenvalue weighted by atomic mass is 32.2. The van der Waals surface area contributed by atoms with Crippen LogP contribution in [0.15, 0.2) is 35.4 Å². The van der Waals surface area contributed by atoms with Crippen molar-refractivity contribution in [2.45, 2.75) is 106 Å². The molecule has 15 nitrogen and oxygen atoms in total. The molecule has 1 saturated carbocycles. The lowest BCUT2D eigenvalue weighted by Gasteiger charge is -2.37. The van der Waals surface area contributed by atoms with Crippen LogP contribution in [0.2, 0.25) is 0 Å². The van der Waals surface area contributed by atoms with Gasteiger partial charge in [0.25, 0.3) is 11.8 Å². The van der Waals surface area contributed by atoms with E-state index in [0.717, 1.165) is 42.1 Å². The van der Waals surface area contributed by atoms with Crippen LogP contribution in [-0.4, -0.2) is 112 Å². The normalized spacial score (nSPS) is 21.5. The van der Waals surface area contributed by atoms with Gasteiger partial charge in [0, 0.05) is 32.6 Å². The number of hydrogen-bond acceptors (Lipinski definition) is 10. The van der Waals surface area contributed by atoms with Crippen LogP contribution in [0, 0.1) is 5.92 Å². The minimum absolute atomic E-state index is 0.0267. The smallest absolute Gasteiger partial charge is 0.287 e. The van der Waals surface area contributed by atoms with Gasteiger partial charge in [0.1, 0.15) is 17.6 Å². The number of thioether (sulfide) groups is 1. The quantitative estimate of drug-likeness (QED) is 0.253. The monoisotopic (exact) mass is 758 g/mol. The van der Waals surface area contributed by atoms with Crippen molar-refractivity contribution in [3.63, 3.8) is 0 Å². The average Bonchev–Trinajstić information content (AvgIpc) is 3.80. The van der Waals surface area contributed by atoms with E-state index in [1.165, 1.54) is 43.3 Å². The number of amides is 4. The van der Waals surface area contributed by atoms with Gasteiger partial charge < -0.3 is 21.3 Å². The van der Waals surface area contributed by atoms with Crippen molar-refractivity contribution in [2.24, 2.45) is 11.7 Å². The summed E-state index contributed by atoms with van der Waals surface area (Å²) in [5.41, 5.74) is 4.99. The predicted molar refractivity (Wildman–Crippen MR) is 195 cm³/mol. The Morgan fingerprint density at radius 1 is 1.04 bits per heavy atom. The molecule has 5 rings (SSSR count). The number of benzene rings is 1. The van der Waals surface area contributed by atoms with E-state index in [2.05, 4.69) is 20.9 Å². The van der Waals surface area contributed by atoms with Gasteiger partial charge >= 0.3 is 0 Å². The fraction of sp³-hybridized carbons (Fsp3) is 0.629. The lowest BCUT2D eigenvalue weighted by atomic mass is 9.84. The number of hydrogen-bond donors (Lipinski definition) is 3. The Balaban J connectivity index is 1.47. The number of aromatic nitrogens is 3. The molecule has 0 bridgehead atoms. The summed E-state index contributed by atoms with van der Waals surface area (Å²) in [6.07, 6.45) is 7.55. The second kappa shape index (κ2) is 16.5. The van der Waals surface area contributed by atoms with Gasteiger partial charge in [-0.2, -0.15) is 11.8 Å². The Labute approximate surface area is 309 Å². The third kappa shape index (κ3) is 8.52. The van der Waals surface area contributed by atoms with Gasteiger partial charge in [-0.1, -0.05) is 51.2 Å². The number of likely N-dealkylation sites (tertiary alicyclic amines) is 1. The summed E-state index contributed by atoms with van der Waals surface area (Å²) in [6.45, 7) is 4.09. The Hall–Kier alpha value is -3.83. The number of Topliss-reactive ketones (excluding diaryl/α,β-unsaturated/α-hetero) is 1. The number of rotatable bonds is 13. The highest BCUT2D eigenvalue weighted by Crippen LogP contribution is 2.34. The second-order valence-corrected chi connectivity index (χ2v) is 18.0. The van der Waals surface area contributed by atoms with Crippen LogP contribution in [0.25, 0.3) is 0 Å². The van der Waals surface area contributed by atoms with Gasteiger partial charge in [0.2, 0.25) is 27.6 Å². The van der Waals surface area contributed by atoms with Crippen LogP contribution in [0.5, 0.6) is 0 Å². The highest BCUT2D eigenvalue weighted by molar-refractivity contribution is 7.99. The van der Waals surface area contributed by atoms with Crippen molar-refractivity contribution in [1.29, 1.82) is 0 Å². The fourth-order valence-electron chi connectivity index (χ4n) is 7.52. The fourth-order valence-corrected chi connectivity index (χ4v) is 9.62. The Morgan fingerprint density at radius 3 is 2.29 bits per heavy atom. The molecule has 0 radical (unpaired) electrons. The lowest BCUT2D eigenvalue weighted by molar-refractivity contribution is -0.145. The first-order valence-corrected chi connectivity index (χ1v) is 20.5. The molecule has 4 amide bonds. The first-order valence-electron chi connectivity index (χ1n) is 17.9. The number of carbonyl (C=O) groups is 5. The predicted octanol–water partition coefficient (Wildman–Crippen LogP) is 2.00. The van der Waals surface area contributed by atoms with Crippen LogP contribution in [0.3, 0.4) is 0 Å². The topological polar surface area (TPSA) is 207 Å². The Kier molecular flexibility index (Phi) is 12.5. The molecule has 2 saturated heterocycles. The van der Waals surface area contributed by atoms with Crippen LogP contribution in [0.4, 0.5) is 0 Å². The molecule has 2 aliphatic heterocycles. The molecule has 1 unspecified atom stereocenters. The number of ketones is 1. The van der Waals surface area contributed by atoms with Gasteiger partial charge in [0.05, 0.1) is 22.8 Å². The molecule has 3 aliphatic rings. The number of carbonyl (C=O) groups excluding carboxylic acids is 5. The zero-order chi connectivity index (χ0) is 37.8. The zero-order valence-electron chi connectivity index (χ0n) is 30.2. The summed E-state index contributed by atoms with van der Waals surface area (Å²) in [7, 11) is -0.874. The SMILES string of the molecule is CC(C)c1cnnn1[C@H]1C[C@@H](C(=O)NC2(C(=O)C(N)=O)CCSCC2)N(C(=O)C(CC2CCCCC2)NC(=O)c2ccc(S(=O)(=O)N(C)C)cc2)C1. The van der Waals surface area contributed by atoms with Crippen LogP contribution >= 0.6 is 11.8 Å². The van der Waals surface area contributed by atoms with E-state index < -0.39 is 63.1 Å². The molecular formula is C35H50N8O7S2. The summed E-state index contributed by atoms with van der Waals surface area (Å²) in [4.78, 5) is 69.6. The van der Waals surface area contributed by atoms with E-state index in [9.17, 15) is 32.4 Å². The molecule has 52 heavy (non-hydrogen) atoms. The van der Waals surface area contributed by atoms with Crippen molar-refractivity contribution in [2.75, 3.05) is 32.1 Å². The number of nitrogens with one attached hydrogen (secondary N) is 2. The maximum Gasteiger partial charge on any atom is 0.287 e. The highest BCUT2D eigenvalue weighted by Gasteiger charge is 2.49. The van der Waals surface area contributed by atoms with Crippen molar-refractivity contribution in [3.05, 3.63) is 41.7 Å². The van der Waals surface area contributed by atoms with Crippen molar-refractivity contribution in [1.82, 2.24) is 34.8 Å². The molecule has 1 aromatic heterocycles. The van der Waals surface area contributed by atoms with Crippen LogP contribution in [-0.2, 0) is 29.2 Å². The Morgan fingerprint density at radius 2 is 1.69 bits per heavy atom. The molecule has 284 valence electrons.